The number of aromatic nitrogens is 2. The third kappa shape index (κ3) is 4.45. The van der Waals surface area contributed by atoms with E-state index < -0.39 is 0 Å². The minimum absolute atomic E-state index is 0.332. The number of hydrogen-bond acceptors (Lipinski definition) is 6. The molecule has 1 aromatic carbocycles. The molecule has 1 aromatic heterocycles. The van der Waals surface area contributed by atoms with Gasteiger partial charge in [-0.2, -0.15) is 0 Å². The van der Waals surface area contributed by atoms with Gasteiger partial charge in [-0.1, -0.05) is 12.7 Å². The summed E-state index contributed by atoms with van der Waals surface area (Å²) in [5.74, 6) is 0.997. The van der Waals surface area contributed by atoms with E-state index in [4.69, 9.17) is 9.47 Å². The topological polar surface area (TPSA) is 85.4 Å². The molecule has 0 aliphatic heterocycles. The quantitative estimate of drug-likeness (QED) is 0.600. The lowest BCUT2D eigenvalue weighted by molar-refractivity contribution is 0.0962. The van der Waals surface area contributed by atoms with E-state index in [1.807, 2.05) is 19.9 Å². The average Bonchev–Trinajstić information content (AvgIpc) is 2.56. The van der Waals surface area contributed by atoms with Crippen LogP contribution in [0.25, 0.3) is 0 Å². The van der Waals surface area contributed by atoms with Crippen LogP contribution in [0.4, 0.5) is 5.95 Å². The second-order valence-corrected chi connectivity index (χ2v) is 5.02. The Kier molecular flexibility index (Phi) is 5.73. The van der Waals surface area contributed by atoms with Crippen LogP contribution in [0.2, 0.25) is 0 Å². The number of aryl methyl sites for hydroxylation is 2. The normalized spacial score (nSPS) is 9.96. The number of carbonyl (C=O) groups excluding carboxylic acids is 1. The Morgan fingerprint density at radius 1 is 1.21 bits per heavy atom. The smallest absolute Gasteiger partial charge is 0.269 e. The molecule has 0 aliphatic carbocycles. The Morgan fingerprint density at radius 3 is 2.54 bits per heavy atom. The van der Waals surface area contributed by atoms with Crippen molar-refractivity contribution < 1.29 is 14.3 Å². The fraction of sp³-hybridized carbons (Fsp3) is 0.235. The minimum Gasteiger partial charge on any atom is -0.493 e. The highest BCUT2D eigenvalue weighted by molar-refractivity contribution is 5.95. The molecule has 0 radical (unpaired) electrons. The van der Waals surface area contributed by atoms with Crippen molar-refractivity contribution in [2.24, 2.45) is 0 Å². The first-order chi connectivity index (χ1) is 11.5. The van der Waals surface area contributed by atoms with Gasteiger partial charge in [-0.15, -0.1) is 0 Å². The van der Waals surface area contributed by atoms with E-state index in [2.05, 4.69) is 27.4 Å². The van der Waals surface area contributed by atoms with Gasteiger partial charge in [0.1, 0.15) is 6.61 Å². The Morgan fingerprint density at radius 2 is 1.92 bits per heavy atom. The summed E-state index contributed by atoms with van der Waals surface area (Å²) in [7, 11) is 1.51. The van der Waals surface area contributed by atoms with Crippen molar-refractivity contribution in [3.8, 4) is 11.5 Å². The number of nitrogens with one attached hydrogen (secondary N) is 2. The summed E-state index contributed by atoms with van der Waals surface area (Å²) in [5.41, 5.74) is 7.29. The van der Waals surface area contributed by atoms with Gasteiger partial charge in [-0.3, -0.25) is 15.6 Å². The van der Waals surface area contributed by atoms with E-state index in [1.54, 1.807) is 24.3 Å². The molecule has 0 aliphatic rings. The summed E-state index contributed by atoms with van der Waals surface area (Å²) in [4.78, 5) is 20.6. The first-order valence-corrected chi connectivity index (χ1v) is 7.34. The highest BCUT2D eigenvalue weighted by atomic mass is 16.5. The zero-order valence-corrected chi connectivity index (χ0v) is 13.9. The van der Waals surface area contributed by atoms with Crippen LogP contribution < -0.4 is 20.3 Å². The number of ether oxygens (including phenoxy) is 2. The lowest BCUT2D eigenvalue weighted by atomic mass is 10.2. The summed E-state index contributed by atoms with van der Waals surface area (Å²) in [5, 5.41) is 0. The number of hydrazine groups is 1. The molecule has 0 atom stereocenters. The van der Waals surface area contributed by atoms with Crippen molar-refractivity contribution in [3.63, 3.8) is 0 Å². The summed E-state index contributed by atoms with van der Waals surface area (Å²) < 4.78 is 10.7. The number of methoxy groups -OCH3 is 1. The molecular weight excluding hydrogens is 308 g/mol. The summed E-state index contributed by atoms with van der Waals surface area (Å²) in [6, 6.07) is 6.75. The molecule has 0 bridgehead atoms. The number of carbonyl (C=O) groups is 1. The fourth-order valence-corrected chi connectivity index (χ4v) is 2.04. The molecule has 0 saturated carbocycles. The third-order valence-corrected chi connectivity index (χ3v) is 3.05. The third-order valence-electron chi connectivity index (χ3n) is 3.05. The van der Waals surface area contributed by atoms with Crippen LogP contribution >= 0.6 is 0 Å². The van der Waals surface area contributed by atoms with Gasteiger partial charge in [-0.05, 0) is 38.1 Å². The van der Waals surface area contributed by atoms with Crippen LogP contribution in [0.3, 0.4) is 0 Å². The van der Waals surface area contributed by atoms with Crippen molar-refractivity contribution in [1.82, 2.24) is 15.4 Å². The van der Waals surface area contributed by atoms with E-state index in [1.165, 1.54) is 7.11 Å². The number of amides is 1. The summed E-state index contributed by atoms with van der Waals surface area (Å²) >= 11 is 0. The Hall–Kier alpha value is -3.09. The van der Waals surface area contributed by atoms with Crippen LogP contribution in [0.15, 0.2) is 36.9 Å². The SMILES string of the molecule is C=CCOc1ccc(C(=O)NNc2nc(C)cc(C)n2)cc1OC. The molecule has 24 heavy (non-hydrogen) atoms. The first-order valence-electron chi connectivity index (χ1n) is 7.34. The van der Waals surface area contributed by atoms with E-state index in [0.29, 0.717) is 29.6 Å². The van der Waals surface area contributed by atoms with Crippen molar-refractivity contribution in [1.29, 1.82) is 0 Å². The van der Waals surface area contributed by atoms with Crippen LogP contribution in [0, 0.1) is 13.8 Å². The fourth-order valence-electron chi connectivity index (χ4n) is 2.04. The second-order valence-electron chi connectivity index (χ2n) is 5.02. The van der Waals surface area contributed by atoms with Gasteiger partial charge in [0.05, 0.1) is 7.11 Å². The molecule has 1 heterocycles. The lowest BCUT2D eigenvalue weighted by Gasteiger charge is -2.12. The number of anilines is 1. The maximum Gasteiger partial charge on any atom is 0.269 e. The molecule has 0 unspecified atom stereocenters. The van der Waals surface area contributed by atoms with Gasteiger partial charge >= 0.3 is 0 Å². The molecule has 7 heteroatoms. The molecule has 2 rings (SSSR count). The van der Waals surface area contributed by atoms with Crippen LogP contribution in [0.5, 0.6) is 11.5 Å². The second kappa shape index (κ2) is 7.96. The molecule has 126 valence electrons. The van der Waals surface area contributed by atoms with Crippen LogP contribution in [-0.4, -0.2) is 29.6 Å². The van der Waals surface area contributed by atoms with Crippen LogP contribution in [-0.2, 0) is 0 Å². The van der Waals surface area contributed by atoms with Crippen molar-refractivity contribution in [3.05, 3.63) is 53.9 Å². The van der Waals surface area contributed by atoms with E-state index >= 15 is 0 Å². The molecule has 0 fully saturated rings. The summed E-state index contributed by atoms with van der Waals surface area (Å²) in [6.07, 6.45) is 1.63. The van der Waals surface area contributed by atoms with Gasteiger partial charge in [0, 0.05) is 17.0 Å². The van der Waals surface area contributed by atoms with Crippen molar-refractivity contribution >= 4 is 11.9 Å². The predicted octanol–water partition coefficient (Wildman–Crippen LogP) is 2.42. The standard InChI is InChI=1S/C17H20N4O3/c1-5-8-24-14-7-6-13(10-15(14)23-4)16(22)20-21-17-18-11(2)9-12(3)19-17/h5-7,9-10H,1,8H2,2-4H3,(H,20,22)(H,18,19,21). The zero-order chi connectivity index (χ0) is 17.5. The molecule has 2 N–H and O–H groups in total. The van der Waals surface area contributed by atoms with E-state index in [9.17, 15) is 4.79 Å². The van der Waals surface area contributed by atoms with Crippen LogP contribution in [0.1, 0.15) is 21.7 Å². The lowest BCUT2D eigenvalue weighted by Crippen LogP contribution is -2.30. The molecule has 0 saturated heterocycles. The molecular formula is C17H20N4O3. The van der Waals surface area contributed by atoms with Crippen molar-refractivity contribution in [2.75, 3.05) is 19.1 Å². The van der Waals surface area contributed by atoms with Gasteiger partial charge in [0.25, 0.3) is 5.91 Å². The van der Waals surface area contributed by atoms with E-state index in [-0.39, 0.29) is 5.91 Å². The first kappa shape index (κ1) is 17.3. The highest BCUT2D eigenvalue weighted by Crippen LogP contribution is 2.28. The highest BCUT2D eigenvalue weighted by Gasteiger charge is 2.11. The average molecular weight is 328 g/mol. The Labute approximate surface area is 140 Å². The molecule has 1 amide bonds. The van der Waals surface area contributed by atoms with Gasteiger partial charge in [0.2, 0.25) is 5.95 Å². The molecule has 0 spiro atoms. The monoisotopic (exact) mass is 328 g/mol. The minimum atomic E-state index is -0.341. The number of hydrogen-bond donors (Lipinski definition) is 2. The number of nitrogens with zero attached hydrogens (tertiary/aromatic N) is 2. The Balaban J connectivity index is 2.07. The predicted molar refractivity (Wildman–Crippen MR) is 91.3 cm³/mol. The number of benzene rings is 1. The molecule has 2 aromatic rings. The molecule has 7 nitrogen and oxygen atoms in total. The Bertz CT molecular complexity index is 726. The van der Waals surface area contributed by atoms with Gasteiger partial charge in [0.15, 0.2) is 11.5 Å². The maximum atomic E-state index is 12.2. The largest absolute Gasteiger partial charge is 0.493 e. The zero-order valence-electron chi connectivity index (χ0n) is 13.9. The maximum absolute atomic E-state index is 12.2. The number of rotatable bonds is 7. The summed E-state index contributed by atoms with van der Waals surface area (Å²) in [6.45, 7) is 7.66. The van der Waals surface area contributed by atoms with E-state index in [0.717, 1.165) is 11.4 Å². The van der Waals surface area contributed by atoms with Gasteiger partial charge in [-0.25, -0.2) is 9.97 Å². The van der Waals surface area contributed by atoms with Crippen molar-refractivity contribution in [2.45, 2.75) is 13.8 Å². The van der Waals surface area contributed by atoms with Gasteiger partial charge < -0.3 is 9.47 Å².